The van der Waals surface area contributed by atoms with E-state index in [1.807, 2.05) is 36.9 Å². The minimum Gasteiger partial charge on any atom is -0.493 e. The molecule has 0 aliphatic carbocycles. The lowest BCUT2D eigenvalue weighted by Gasteiger charge is -2.14. The molecule has 0 aliphatic heterocycles. The van der Waals surface area contributed by atoms with Crippen molar-refractivity contribution in [2.24, 2.45) is 5.73 Å². The molecule has 1 aromatic rings. The molecule has 0 aliphatic rings. The summed E-state index contributed by atoms with van der Waals surface area (Å²) in [6.45, 7) is 4.90. The Labute approximate surface area is 116 Å². The Hall–Kier alpha value is -0.190. The van der Waals surface area contributed by atoms with Gasteiger partial charge in [0.1, 0.15) is 5.75 Å². The van der Waals surface area contributed by atoms with E-state index in [4.69, 9.17) is 10.5 Å². The molecular weight excluding hydrogens is 298 g/mol. The van der Waals surface area contributed by atoms with E-state index in [2.05, 4.69) is 22.9 Å². The second-order valence-corrected chi connectivity index (χ2v) is 6.18. The molecule has 1 aromatic carbocycles. The Morgan fingerprint density at radius 3 is 2.88 bits per heavy atom. The molecule has 2 N–H and O–H groups in total. The van der Waals surface area contributed by atoms with Crippen molar-refractivity contribution in [1.29, 1.82) is 0 Å². The smallest absolute Gasteiger partial charge is 0.125 e. The van der Waals surface area contributed by atoms with Crippen LogP contribution in [-0.2, 0) is 0 Å². The zero-order chi connectivity index (χ0) is 12.7. The van der Waals surface area contributed by atoms with Crippen molar-refractivity contribution in [3.63, 3.8) is 0 Å². The monoisotopic (exact) mass is 317 g/mol. The lowest BCUT2D eigenvalue weighted by Crippen LogP contribution is -2.09. The van der Waals surface area contributed by atoms with Crippen LogP contribution in [0, 0.1) is 0 Å². The number of rotatable bonds is 7. The summed E-state index contributed by atoms with van der Waals surface area (Å²) in [4.78, 5) is 0. The van der Waals surface area contributed by atoms with Gasteiger partial charge >= 0.3 is 0 Å². The fourth-order valence-corrected chi connectivity index (χ4v) is 2.45. The average Bonchev–Trinajstić information content (AvgIpc) is 2.28. The second-order valence-electron chi connectivity index (χ2n) is 3.87. The van der Waals surface area contributed by atoms with E-state index in [9.17, 15) is 0 Å². The standard InChI is InChI=1S/C13H20BrNOS/c1-3-17-8-4-7-16-13-9-11(14)5-6-12(13)10(2)15/h5-6,9-10H,3-4,7-8,15H2,1-2H3/t10-/m1/s1. The number of hydrogen-bond donors (Lipinski definition) is 1. The highest BCUT2D eigenvalue weighted by molar-refractivity contribution is 9.10. The molecule has 0 unspecified atom stereocenters. The Morgan fingerprint density at radius 2 is 2.24 bits per heavy atom. The quantitative estimate of drug-likeness (QED) is 0.772. The molecule has 1 rings (SSSR count). The minimum atomic E-state index is 0.00289. The Kier molecular flexibility index (Phi) is 7.00. The molecular formula is C13H20BrNOS. The number of thioether (sulfide) groups is 1. The van der Waals surface area contributed by atoms with Crippen molar-refractivity contribution >= 4 is 27.7 Å². The van der Waals surface area contributed by atoms with Crippen LogP contribution in [0.2, 0.25) is 0 Å². The highest BCUT2D eigenvalue weighted by Gasteiger charge is 2.08. The summed E-state index contributed by atoms with van der Waals surface area (Å²) in [6.07, 6.45) is 1.07. The Morgan fingerprint density at radius 1 is 1.47 bits per heavy atom. The van der Waals surface area contributed by atoms with E-state index >= 15 is 0 Å². The van der Waals surface area contributed by atoms with Gasteiger partial charge in [0.15, 0.2) is 0 Å². The van der Waals surface area contributed by atoms with Crippen LogP contribution >= 0.6 is 27.7 Å². The van der Waals surface area contributed by atoms with Crippen molar-refractivity contribution in [1.82, 2.24) is 0 Å². The molecule has 17 heavy (non-hydrogen) atoms. The first kappa shape index (κ1) is 14.9. The van der Waals surface area contributed by atoms with Crippen LogP contribution in [0.1, 0.15) is 31.9 Å². The maximum Gasteiger partial charge on any atom is 0.125 e. The van der Waals surface area contributed by atoms with E-state index in [1.165, 1.54) is 5.75 Å². The predicted octanol–water partition coefficient (Wildman–Crippen LogP) is 3.99. The van der Waals surface area contributed by atoms with Crippen molar-refractivity contribution in [2.45, 2.75) is 26.3 Å². The van der Waals surface area contributed by atoms with E-state index in [0.717, 1.165) is 34.6 Å². The number of halogens is 1. The van der Waals surface area contributed by atoms with Crippen molar-refractivity contribution in [3.8, 4) is 5.75 Å². The lowest BCUT2D eigenvalue weighted by atomic mass is 10.1. The average molecular weight is 318 g/mol. The van der Waals surface area contributed by atoms with Gasteiger partial charge in [-0.1, -0.05) is 28.9 Å². The third-order valence-corrected chi connectivity index (χ3v) is 3.84. The van der Waals surface area contributed by atoms with E-state index in [0.29, 0.717) is 0 Å². The van der Waals surface area contributed by atoms with Crippen molar-refractivity contribution in [2.75, 3.05) is 18.1 Å². The highest BCUT2D eigenvalue weighted by atomic mass is 79.9. The fourth-order valence-electron chi connectivity index (χ4n) is 1.50. The summed E-state index contributed by atoms with van der Waals surface area (Å²) in [7, 11) is 0. The molecule has 0 spiro atoms. The van der Waals surface area contributed by atoms with Gasteiger partial charge in [-0.15, -0.1) is 0 Å². The molecule has 96 valence electrons. The minimum absolute atomic E-state index is 0.00289. The largest absolute Gasteiger partial charge is 0.493 e. The molecule has 0 aromatic heterocycles. The van der Waals surface area contributed by atoms with Crippen LogP contribution in [0.5, 0.6) is 5.75 Å². The van der Waals surface area contributed by atoms with Crippen molar-refractivity contribution < 1.29 is 4.74 Å². The summed E-state index contributed by atoms with van der Waals surface area (Å²) in [6, 6.07) is 6.01. The summed E-state index contributed by atoms with van der Waals surface area (Å²) in [5.41, 5.74) is 6.98. The summed E-state index contributed by atoms with van der Waals surface area (Å²) in [5, 5.41) is 0. The maximum atomic E-state index is 5.92. The predicted molar refractivity (Wildman–Crippen MR) is 79.9 cm³/mol. The number of nitrogens with two attached hydrogens (primary N) is 1. The number of ether oxygens (including phenoxy) is 1. The van der Waals surface area contributed by atoms with Crippen LogP contribution in [0.15, 0.2) is 22.7 Å². The van der Waals surface area contributed by atoms with Crippen LogP contribution in [0.3, 0.4) is 0 Å². The molecule has 0 heterocycles. The normalized spacial score (nSPS) is 12.5. The second kappa shape index (κ2) is 8.01. The molecule has 0 radical (unpaired) electrons. The van der Waals surface area contributed by atoms with E-state index in [-0.39, 0.29) is 6.04 Å². The Balaban J connectivity index is 2.53. The zero-order valence-electron chi connectivity index (χ0n) is 10.4. The molecule has 4 heteroatoms. The van der Waals surface area contributed by atoms with E-state index < -0.39 is 0 Å². The summed E-state index contributed by atoms with van der Waals surface area (Å²) in [5.74, 6) is 3.22. The first-order chi connectivity index (χ1) is 8.15. The van der Waals surface area contributed by atoms with Gasteiger partial charge in [-0.2, -0.15) is 11.8 Å². The molecule has 0 bridgehead atoms. The van der Waals surface area contributed by atoms with Gasteiger partial charge in [0.05, 0.1) is 6.61 Å². The van der Waals surface area contributed by atoms with Gasteiger partial charge in [0.2, 0.25) is 0 Å². The van der Waals surface area contributed by atoms with Gasteiger partial charge in [0.25, 0.3) is 0 Å². The zero-order valence-corrected chi connectivity index (χ0v) is 12.8. The summed E-state index contributed by atoms with van der Waals surface area (Å²) < 4.78 is 6.83. The molecule has 0 fully saturated rings. The van der Waals surface area contributed by atoms with Crippen LogP contribution in [0.4, 0.5) is 0 Å². The maximum absolute atomic E-state index is 5.92. The summed E-state index contributed by atoms with van der Waals surface area (Å²) >= 11 is 5.40. The van der Waals surface area contributed by atoms with Gasteiger partial charge in [-0.05, 0) is 37.0 Å². The van der Waals surface area contributed by atoms with Gasteiger partial charge < -0.3 is 10.5 Å². The first-order valence-electron chi connectivity index (χ1n) is 5.90. The molecule has 2 nitrogen and oxygen atoms in total. The van der Waals surface area contributed by atoms with Gasteiger partial charge in [-0.3, -0.25) is 0 Å². The van der Waals surface area contributed by atoms with Gasteiger partial charge in [0, 0.05) is 16.1 Å². The molecule has 0 amide bonds. The van der Waals surface area contributed by atoms with Crippen LogP contribution in [-0.4, -0.2) is 18.1 Å². The molecule has 0 saturated carbocycles. The fraction of sp³-hybridized carbons (Fsp3) is 0.538. The lowest BCUT2D eigenvalue weighted by molar-refractivity contribution is 0.314. The van der Waals surface area contributed by atoms with E-state index in [1.54, 1.807) is 0 Å². The highest BCUT2D eigenvalue weighted by Crippen LogP contribution is 2.27. The van der Waals surface area contributed by atoms with Gasteiger partial charge in [-0.25, -0.2) is 0 Å². The Bertz CT molecular complexity index is 344. The third kappa shape index (κ3) is 5.32. The van der Waals surface area contributed by atoms with Crippen molar-refractivity contribution in [3.05, 3.63) is 28.2 Å². The number of hydrogen-bond acceptors (Lipinski definition) is 3. The molecule has 0 saturated heterocycles. The number of benzene rings is 1. The third-order valence-electron chi connectivity index (χ3n) is 2.36. The SMILES string of the molecule is CCSCCCOc1cc(Br)ccc1[C@@H](C)N. The topological polar surface area (TPSA) is 35.2 Å². The first-order valence-corrected chi connectivity index (χ1v) is 7.85. The van der Waals surface area contributed by atoms with Crippen LogP contribution in [0.25, 0.3) is 0 Å². The molecule has 1 atom stereocenters. The van der Waals surface area contributed by atoms with Crippen LogP contribution < -0.4 is 10.5 Å².